The zero-order valence-electron chi connectivity index (χ0n) is 10.2. The molecule has 2 aromatic rings. The summed E-state index contributed by atoms with van der Waals surface area (Å²) in [6, 6.07) is 9.99. The quantitative estimate of drug-likeness (QED) is 0.726. The van der Waals surface area contributed by atoms with Gasteiger partial charge < -0.3 is 17.0 Å². The molecule has 1 heterocycles. The van der Waals surface area contributed by atoms with Crippen molar-refractivity contribution in [2.24, 2.45) is 7.05 Å². The molecule has 0 saturated heterocycles. The van der Waals surface area contributed by atoms with Gasteiger partial charge in [0.25, 0.3) is 0 Å². The van der Waals surface area contributed by atoms with Crippen molar-refractivity contribution in [3.63, 3.8) is 0 Å². The van der Waals surface area contributed by atoms with E-state index in [9.17, 15) is 0 Å². The van der Waals surface area contributed by atoms with E-state index in [1.54, 1.807) is 12.5 Å². The Labute approximate surface area is 113 Å². The van der Waals surface area contributed by atoms with Crippen LogP contribution in [-0.4, -0.2) is 9.55 Å². The van der Waals surface area contributed by atoms with Gasteiger partial charge in [0.05, 0.1) is 12.5 Å². The fourth-order valence-corrected chi connectivity index (χ4v) is 1.90. The second-order valence-corrected chi connectivity index (χ2v) is 4.08. The third-order valence-electron chi connectivity index (χ3n) is 2.88. The van der Waals surface area contributed by atoms with Crippen LogP contribution in [0.5, 0.6) is 0 Å². The van der Waals surface area contributed by atoms with Crippen molar-refractivity contribution in [3.8, 4) is 0 Å². The summed E-state index contributed by atoms with van der Waals surface area (Å²) >= 11 is 0. The highest BCUT2D eigenvalue weighted by Crippen LogP contribution is 2.22. The summed E-state index contributed by atoms with van der Waals surface area (Å²) in [4.78, 5) is 7.48. The summed E-state index contributed by atoms with van der Waals surface area (Å²) in [5.41, 5.74) is 2.19. The molecule has 0 spiro atoms. The molecular formula is C13H15ClN4. The molecule has 1 aromatic heterocycles. The highest BCUT2D eigenvalue weighted by atomic mass is 35.5. The molecule has 0 amide bonds. The van der Waals surface area contributed by atoms with Crippen molar-refractivity contribution >= 4 is 0 Å². The molecule has 0 bridgehead atoms. The number of rotatable bonds is 4. The number of aryl methyl sites for hydroxylation is 2. The lowest BCUT2D eigenvalue weighted by molar-refractivity contribution is -0.00000384. The summed E-state index contributed by atoms with van der Waals surface area (Å²) in [7, 11) is 1.91. The molecule has 0 saturated carbocycles. The van der Waals surface area contributed by atoms with Gasteiger partial charge in [0.1, 0.15) is 10.7 Å². The van der Waals surface area contributed by atoms with Crippen LogP contribution < -0.4 is 12.4 Å². The summed E-state index contributed by atoms with van der Waals surface area (Å²) in [5.74, 6) is 0. The average molecular weight is 263 g/mol. The summed E-state index contributed by atoms with van der Waals surface area (Å²) in [6.07, 6.45) is 5.13. The van der Waals surface area contributed by atoms with Gasteiger partial charge >= 0.3 is 6.04 Å². The van der Waals surface area contributed by atoms with E-state index in [0.717, 1.165) is 18.5 Å². The first-order chi connectivity index (χ1) is 8.31. The van der Waals surface area contributed by atoms with Crippen molar-refractivity contribution < 1.29 is 12.4 Å². The lowest BCUT2D eigenvalue weighted by Crippen LogP contribution is -3.00. The minimum Gasteiger partial charge on any atom is -1.00 e. The first kappa shape index (κ1) is 14.2. The van der Waals surface area contributed by atoms with Gasteiger partial charge in [-0.3, -0.25) is 0 Å². The third-order valence-corrected chi connectivity index (χ3v) is 2.88. The fraction of sp³-hybridized carbons (Fsp3) is 0.308. The minimum atomic E-state index is -0.206. The second kappa shape index (κ2) is 6.77. The van der Waals surface area contributed by atoms with E-state index in [-0.39, 0.29) is 18.4 Å². The number of diazo groups is 1. The smallest absolute Gasteiger partial charge is 0.355 e. The molecule has 0 aliphatic carbocycles. The van der Waals surface area contributed by atoms with Crippen LogP contribution in [0.1, 0.15) is 23.7 Å². The third kappa shape index (κ3) is 3.31. The Hall–Kier alpha value is -1.86. The van der Waals surface area contributed by atoms with Crippen LogP contribution in [0.2, 0.25) is 0 Å². The number of hydrogen-bond acceptors (Lipinski definition) is 2. The molecule has 1 unspecified atom stereocenters. The van der Waals surface area contributed by atoms with Crippen LogP contribution in [0.4, 0.5) is 0 Å². The first-order valence-corrected chi connectivity index (χ1v) is 5.65. The van der Waals surface area contributed by atoms with E-state index in [2.05, 4.69) is 22.1 Å². The summed E-state index contributed by atoms with van der Waals surface area (Å²) in [6.45, 7) is 0. The van der Waals surface area contributed by atoms with Gasteiger partial charge in [-0.1, -0.05) is 30.3 Å². The number of imidazole rings is 1. The van der Waals surface area contributed by atoms with E-state index in [0.29, 0.717) is 0 Å². The zero-order chi connectivity index (χ0) is 12.1. The lowest BCUT2D eigenvalue weighted by atomic mass is 10.0. The van der Waals surface area contributed by atoms with Gasteiger partial charge in [0, 0.05) is 13.5 Å². The number of halogens is 1. The predicted molar refractivity (Wildman–Crippen MR) is 65.8 cm³/mol. The summed E-state index contributed by atoms with van der Waals surface area (Å²) in [5, 5.41) is 9.08. The van der Waals surface area contributed by atoms with E-state index in [1.165, 1.54) is 5.56 Å². The van der Waals surface area contributed by atoms with Crippen LogP contribution in [0, 0.1) is 5.39 Å². The molecule has 18 heavy (non-hydrogen) atoms. The minimum absolute atomic E-state index is 0. The van der Waals surface area contributed by atoms with Gasteiger partial charge in [-0.2, -0.15) is 0 Å². The van der Waals surface area contributed by atoms with Crippen molar-refractivity contribution in [2.75, 3.05) is 0 Å². The van der Waals surface area contributed by atoms with Crippen LogP contribution in [0.25, 0.3) is 4.98 Å². The molecule has 2 rings (SSSR count). The van der Waals surface area contributed by atoms with Crippen LogP contribution in [-0.2, 0) is 13.5 Å². The first-order valence-electron chi connectivity index (χ1n) is 5.65. The molecule has 0 fully saturated rings. The maximum absolute atomic E-state index is 9.08. The topological polar surface area (TPSA) is 46.0 Å². The van der Waals surface area contributed by atoms with Crippen LogP contribution in [0.15, 0.2) is 42.9 Å². The van der Waals surface area contributed by atoms with E-state index in [1.807, 2.05) is 29.8 Å². The largest absolute Gasteiger partial charge is 1.00 e. The molecule has 94 valence electrons. The van der Waals surface area contributed by atoms with Crippen molar-refractivity contribution in [2.45, 2.75) is 18.9 Å². The Morgan fingerprint density at radius 1 is 1.33 bits per heavy atom. The van der Waals surface area contributed by atoms with Crippen molar-refractivity contribution in [1.29, 1.82) is 5.39 Å². The van der Waals surface area contributed by atoms with Crippen LogP contribution >= 0.6 is 0 Å². The molecular weight excluding hydrogens is 248 g/mol. The highest BCUT2D eigenvalue weighted by Gasteiger charge is 2.25. The van der Waals surface area contributed by atoms with E-state index in [4.69, 9.17) is 5.39 Å². The zero-order valence-corrected chi connectivity index (χ0v) is 11.0. The normalized spacial score (nSPS) is 11.3. The second-order valence-electron chi connectivity index (χ2n) is 4.08. The molecule has 5 heteroatoms. The SMILES string of the molecule is Cn1cncc1C(CCc1ccccc1)[N+]#N.[Cl-]. The number of benzene rings is 1. The van der Waals surface area contributed by atoms with Crippen molar-refractivity contribution in [1.82, 2.24) is 9.55 Å². The Bertz CT molecular complexity index is 515. The Morgan fingerprint density at radius 2 is 2.06 bits per heavy atom. The molecule has 1 atom stereocenters. The Balaban J connectivity index is 0.00000162. The molecule has 0 aliphatic rings. The van der Waals surface area contributed by atoms with Gasteiger partial charge in [0.2, 0.25) is 5.39 Å². The average Bonchev–Trinajstić information content (AvgIpc) is 2.78. The fourth-order valence-electron chi connectivity index (χ4n) is 1.90. The Morgan fingerprint density at radius 3 is 2.61 bits per heavy atom. The van der Waals surface area contributed by atoms with Gasteiger partial charge in [-0.05, 0) is 12.0 Å². The molecule has 1 aromatic carbocycles. The van der Waals surface area contributed by atoms with Gasteiger partial charge in [-0.15, -0.1) is 0 Å². The van der Waals surface area contributed by atoms with Gasteiger partial charge in [-0.25, -0.2) is 4.98 Å². The predicted octanol–water partition coefficient (Wildman–Crippen LogP) is -0.0489. The van der Waals surface area contributed by atoms with E-state index < -0.39 is 0 Å². The molecule has 4 nitrogen and oxygen atoms in total. The van der Waals surface area contributed by atoms with E-state index >= 15 is 0 Å². The molecule has 0 N–H and O–H groups in total. The maximum atomic E-state index is 9.08. The van der Waals surface area contributed by atoms with Crippen LogP contribution in [0.3, 0.4) is 0 Å². The molecule has 0 radical (unpaired) electrons. The lowest BCUT2D eigenvalue weighted by Gasteiger charge is -2.01. The summed E-state index contributed by atoms with van der Waals surface area (Å²) < 4.78 is 1.88. The van der Waals surface area contributed by atoms with Gasteiger partial charge in [0.15, 0.2) is 0 Å². The monoisotopic (exact) mass is 262 g/mol. The Kier molecular flexibility index (Phi) is 5.34. The number of nitrogens with zero attached hydrogens (tertiary/aromatic N) is 4. The number of hydrogen-bond donors (Lipinski definition) is 0. The number of aromatic nitrogens is 2. The van der Waals surface area contributed by atoms with Crippen molar-refractivity contribution in [3.05, 3.63) is 59.1 Å². The maximum Gasteiger partial charge on any atom is 0.355 e. The standard InChI is InChI=1S/C13H15N4.ClH/c1-17-10-15-9-13(17)12(16-14)8-7-11-5-3-2-4-6-11;/h2-6,9-10,12H,7-8H2,1H3;1H/q+1;/p-1. The highest BCUT2D eigenvalue weighted by molar-refractivity contribution is 5.16. The molecule has 0 aliphatic heterocycles.